The Bertz CT molecular complexity index is 1070. The van der Waals surface area contributed by atoms with E-state index < -0.39 is 0 Å². The zero-order valence-electron chi connectivity index (χ0n) is 15.1. The fraction of sp³-hybridized carbons (Fsp3) is 0.0909. The first-order chi connectivity index (χ1) is 13.7. The standard InChI is InChI=1S/C22H19ClN4O/c23-19-5-3-4-18(14-19)16-27-21(10-11-24-27)25-22(28)15-17-6-8-20(9-7-17)26-12-1-2-13-26/h1-14H,15-16H2,(H,25,28). The number of hydrogen-bond donors (Lipinski definition) is 1. The molecule has 2 heterocycles. The first-order valence-electron chi connectivity index (χ1n) is 8.96. The SMILES string of the molecule is O=C(Cc1ccc(-n2cccc2)cc1)Nc1ccnn1Cc1cccc(Cl)c1. The normalized spacial score (nSPS) is 10.8. The maximum Gasteiger partial charge on any atom is 0.229 e. The minimum Gasteiger partial charge on any atom is -0.324 e. The molecule has 5 nitrogen and oxygen atoms in total. The lowest BCUT2D eigenvalue weighted by Crippen LogP contribution is -2.18. The lowest BCUT2D eigenvalue weighted by Gasteiger charge is -2.10. The van der Waals surface area contributed by atoms with Gasteiger partial charge in [-0.2, -0.15) is 5.10 Å². The second-order valence-corrected chi connectivity index (χ2v) is 6.92. The minimum atomic E-state index is -0.0819. The van der Waals surface area contributed by atoms with E-state index in [1.54, 1.807) is 16.9 Å². The van der Waals surface area contributed by atoms with E-state index in [0.29, 0.717) is 23.8 Å². The van der Waals surface area contributed by atoms with E-state index in [-0.39, 0.29) is 5.91 Å². The molecule has 1 amide bonds. The van der Waals surface area contributed by atoms with Crippen LogP contribution in [-0.2, 0) is 17.8 Å². The van der Waals surface area contributed by atoms with E-state index in [1.807, 2.05) is 77.6 Å². The van der Waals surface area contributed by atoms with Gasteiger partial charge in [-0.15, -0.1) is 0 Å². The number of benzene rings is 2. The van der Waals surface area contributed by atoms with Crippen molar-refractivity contribution in [3.8, 4) is 5.69 Å². The number of aromatic nitrogens is 3. The van der Waals surface area contributed by atoms with Crippen molar-refractivity contribution < 1.29 is 4.79 Å². The summed E-state index contributed by atoms with van der Waals surface area (Å²) in [5.74, 6) is 0.579. The largest absolute Gasteiger partial charge is 0.324 e. The van der Waals surface area contributed by atoms with Gasteiger partial charge in [0.15, 0.2) is 0 Å². The highest BCUT2D eigenvalue weighted by Crippen LogP contribution is 2.15. The van der Waals surface area contributed by atoms with Gasteiger partial charge in [-0.1, -0.05) is 35.9 Å². The summed E-state index contributed by atoms with van der Waals surface area (Å²) in [5.41, 5.74) is 3.04. The molecule has 0 bridgehead atoms. The molecule has 4 rings (SSSR count). The number of nitrogens with one attached hydrogen (secondary N) is 1. The number of carbonyl (C=O) groups excluding carboxylic acids is 1. The van der Waals surface area contributed by atoms with Crippen molar-refractivity contribution in [2.75, 3.05) is 5.32 Å². The number of nitrogens with zero attached hydrogens (tertiary/aromatic N) is 3. The summed E-state index contributed by atoms with van der Waals surface area (Å²) in [7, 11) is 0. The van der Waals surface area contributed by atoms with Crippen LogP contribution < -0.4 is 5.32 Å². The minimum absolute atomic E-state index is 0.0819. The quantitative estimate of drug-likeness (QED) is 0.524. The molecule has 6 heteroatoms. The zero-order chi connectivity index (χ0) is 19.3. The Morgan fingerprint density at radius 2 is 1.75 bits per heavy atom. The van der Waals surface area contributed by atoms with Crippen molar-refractivity contribution in [3.05, 3.63) is 101 Å². The van der Waals surface area contributed by atoms with Crippen LogP contribution in [0.5, 0.6) is 0 Å². The smallest absolute Gasteiger partial charge is 0.229 e. The predicted octanol–water partition coefficient (Wildman–Crippen LogP) is 4.56. The molecule has 0 radical (unpaired) electrons. The lowest BCUT2D eigenvalue weighted by molar-refractivity contribution is -0.115. The van der Waals surface area contributed by atoms with Crippen molar-refractivity contribution in [2.45, 2.75) is 13.0 Å². The molecular weight excluding hydrogens is 372 g/mol. The summed E-state index contributed by atoms with van der Waals surface area (Å²) < 4.78 is 3.77. The average molecular weight is 391 g/mol. The summed E-state index contributed by atoms with van der Waals surface area (Å²) in [6.07, 6.45) is 5.95. The van der Waals surface area contributed by atoms with E-state index in [9.17, 15) is 4.79 Å². The Kier molecular flexibility index (Phi) is 5.26. The third kappa shape index (κ3) is 4.32. The molecule has 0 atom stereocenters. The van der Waals surface area contributed by atoms with Gasteiger partial charge in [-0.3, -0.25) is 4.79 Å². The van der Waals surface area contributed by atoms with Crippen LogP contribution in [0.4, 0.5) is 5.82 Å². The van der Waals surface area contributed by atoms with Crippen LogP contribution in [-0.4, -0.2) is 20.3 Å². The highest BCUT2D eigenvalue weighted by atomic mass is 35.5. The predicted molar refractivity (Wildman–Crippen MR) is 111 cm³/mol. The summed E-state index contributed by atoms with van der Waals surface area (Å²) in [6.45, 7) is 0.536. The Hall–Kier alpha value is -3.31. The molecule has 0 spiro atoms. The van der Waals surface area contributed by atoms with Gasteiger partial charge in [0.25, 0.3) is 0 Å². The molecule has 4 aromatic rings. The number of rotatable bonds is 6. The van der Waals surface area contributed by atoms with Crippen molar-refractivity contribution in [3.63, 3.8) is 0 Å². The van der Waals surface area contributed by atoms with Gasteiger partial charge >= 0.3 is 0 Å². The lowest BCUT2D eigenvalue weighted by atomic mass is 10.1. The Labute approximate surface area is 168 Å². The third-order valence-corrected chi connectivity index (χ3v) is 4.64. The molecule has 2 aromatic carbocycles. The Balaban J connectivity index is 1.40. The molecule has 0 saturated heterocycles. The maximum absolute atomic E-state index is 12.5. The van der Waals surface area contributed by atoms with Gasteiger partial charge in [0.05, 0.1) is 19.2 Å². The van der Waals surface area contributed by atoms with Crippen LogP contribution in [0, 0.1) is 0 Å². The summed E-state index contributed by atoms with van der Waals surface area (Å²) in [5, 5.41) is 7.92. The molecule has 0 fully saturated rings. The van der Waals surface area contributed by atoms with Crippen molar-refractivity contribution in [1.82, 2.24) is 14.3 Å². The van der Waals surface area contributed by atoms with Crippen LogP contribution in [0.3, 0.4) is 0 Å². The van der Waals surface area contributed by atoms with Gasteiger partial charge in [0.1, 0.15) is 5.82 Å². The van der Waals surface area contributed by atoms with Crippen LogP contribution in [0.2, 0.25) is 5.02 Å². The van der Waals surface area contributed by atoms with Crippen molar-refractivity contribution in [1.29, 1.82) is 0 Å². The monoisotopic (exact) mass is 390 g/mol. The van der Waals surface area contributed by atoms with Gasteiger partial charge in [0.2, 0.25) is 5.91 Å². The first kappa shape index (κ1) is 18.1. The third-order valence-electron chi connectivity index (χ3n) is 4.41. The number of halogens is 1. The second kappa shape index (κ2) is 8.15. The van der Waals surface area contributed by atoms with Crippen LogP contribution in [0.15, 0.2) is 85.3 Å². The molecular formula is C22H19ClN4O. The van der Waals surface area contributed by atoms with Crippen molar-refractivity contribution >= 4 is 23.3 Å². The number of hydrogen-bond acceptors (Lipinski definition) is 2. The fourth-order valence-corrected chi connectivity index (χ4v) is 3.25. The molecule has 0 saturated carbocycles. The Morgan fingerprint density at radius 3 is 2.50 bits per heavy atom. The molecule has 0 aliphatic rings. The topological polar surface area (TPSA) is 51.9 Å². The molecule has 140 valence electrons. The van der Waals surface area contributed by atoms with E-state index >= 15 is 0 Å². The zero-order valence-corrected chi connectivity index (χ0v) is 15.9. The highest BCUT2D eigenvalue weighted by molar-refractivity contribution is 6.30. The van der Waals surface area contributed by atoms with E-state index in [2.05, 4.69) is 10.4 Å². The number of carbonyl (C=O) groups is 1. The highest BCUT2D eigenvalue weighted by Gasteiger charge is 2.09. The fourth-order valence-electron chi connectivity index (χ4n) is 3.04. The molecule has 0 aliphatic heterocycles. The summed E-state index contributed by atoms with van der Waals surface area (Å²) in [4.78, 5) is 12.5. The van der Waals surface area contributed by atoms with Crippen LogP contribution in [0.1, 0.15) is 11.1 Å². The van der Waals surface area contributed by atoms with E-state index in [1.165, 1.54) is 0 Å². The van der Waals surface area contributed by atoms with E-state index in [4.69, 9.17) is 11.6 Å². The van der Waals surface area contributed by atoms with E-state index in [0.717, 1.165) is 16.8 Å². The summed E-state index contributed by atoms with van der Waals surface area (Å²) in [6, 6.07) is 21.3. The molecule has 0 unspecified atom stereocenters. The second-order valence-electron chi connectivity index (χ2n) is 6.49. The molecule has 28 heavy (non-hydrogen) atoms. The molecule has 1 N–H and O–H groups in total. The number of amides is 1. The molecule has 0 aliphatic carbocycles. The number of anilines is 1. The Morgan fingerprint density at radius 1 is 0.964 bits per heavy atom. The van der Waals surface area contributed by atoms with Crippen LogP contribution in [0.25, 0.3) is 5.69 Å². The first-order valence-corrected chi connectivity index (χ1v) is 9.33. The van der Waals surface area contributed by atoms with Gasteiger partial charge in [-0.25, -0.2) is 4.68 Å². The van der Waals surface area contributed by atoms with Gasteiger partial charge in [-0.05, 0) is 47.5 Å². The van der Waals surface area contributed by atoms with Gasteiger partial charge < -0.3 is 9.88 Å². The molecule has 2 aromatic heterocycles. The van der Waals surface area contributed by atoms with Crippen LogP contribution >= 0.6 is 11.6 Å². The average Bonchev–Trinajstić information content (AvgIpc) is 3.35. The summed E-state index contributed by atoms with van der Waals surface area (Å²) >= 11 is 6.04. The van der Waals surface area contributed by atoms with Crippen molar-refractivity contribution in [2.24, 2.45) is 0 Å². The van der Waals surface area contributed by atoms with Gasteiger partial charge in [0, 0.05) is 29.2 Å². The maximum atomic E-state index is 12.5.